The summed E-state index contributed by atoms with van der Waals surface area (Å²) in [5.41, 5.74) is 0.215. The lowest BCUT2D eigenvalue weighted by Crippen LogP contribution is -2.49. The number of nitrogens with zero attached hydrogens (tertiary/aromatic N) is 1. The summed E-state index contributed by atoms with van der Waals surface area (Å²) in [7, 11) is 0. The van der Waals surface area contributed by atoms with Gasteiger partial charge in [-0.1, -0.05) is 19.9 Å². The summed E-state index contributed by atoms with van der Waals surface area (Å²) < 4.78 is 0. The van der Waals surface area contributed by atoms with E-state index >= 15 is 0 Å². The Bertz CT molecular complexity index is 442. The number of amides is 1. The number of nitrogens with one attached hydrogen (secondary N) is 1. The molecule has 1 rings (SSSR count). The zero-order chi connectivity index (χ0) is 15.0. The molecular weight excluding hydrogens is 256 g/mol. The van der Waals surface area contributed by atoms with E-state index in [4.69, 9.17) is 5.11 Å². The quantitative estimate of drug-likeness (QED) is 0.763. The summed E-state index contributed by atoms with van der Waals surface area (Å²) in [5.74, 6) is -1.01. The van der Waals surface area contributed by atoms with Gasteiger partial charge in [0.1, 0.15) is 0 Å². The molecule has 0 fully saturated rings. The SMILES string of the molecule is CCC(CC)(CC(=O)O)NC(=O)CCc1ccccn1. The van der Waals surface area contributed by atoms with Gasteiger partial charge in [0.2, 0.25) is 5.91 Å². The number of hydrogen-bond acceptors (Lipinski definition) is 3. The van der Waals surface area contributed by atoms with Crippen LogP contribution in [-0.4, -0.2) is 27.5 Å². The van der Waals surface area contributed by atoms with Gasteiger partial charge in [-0.15, -0.1) is 0 Å². The Morgan fingerprint density at radius 2 is 2.00 bits per heavy atom. The predicted molar refractivity (Wildman–Crippen MR) is 76.3 cm³/mol. The van der Waals surface area contributed by atoms with Crippen LogP contribution in [0.4, 0.5) is 0 Å². The van der Waals surface area contributed by atoms with Gasteiger partial charge in [-0.05, 0) is 31.4 Å². The van der Waals surface area contributed by atoms with Gasteiger partial charge in [-0.2, -0.15) is 0 Å². The van der Waals surface area contributed by atoms with E-state index in [-0.39, 0.29) is 12.3 Å². The van der Waals surface area contributed by atoms with Crippen molar-refractivity contribution in [2.45, 2.75) is 51.5 Å². The van der Waals surface area contributed by atoms with Crippen molar-refractivity contribution in [2.75, 3.05) is 0 Å². The van der Waals surface area contributed by atoms with E-state index in [0.717, 1.165) is 5.69 Å². The number of carbonyl (C=O) groups excluding carboxylic acids is 1. The lowest BCUT2D eigenvalue weighted by Gasteiger charge is -2.31. The molecule has 0 atom stereocenters. The Morgan fingerprint density at radius 1 is 1.30 bits per heavy atom. The maximum Gasteiger partial charge on any atom is 0.305 e. The molecule has 0 unspecified atom stereocenters. The molecule has 0 aliphatic rings. The van der Waals surface area contributed by atoms with Gasteiger partial charge >= 0.3 is 5.97 Å². The number of aromatic nitrogens is 1. The van der Waals surface area contributed by atoms with Crippen molar-refractivity contribution in [3.05, 3.63) is 30.1 Å². The number of rotatable bonds is 8. The second-order valence-electron chi connectivity index (χ2n) is 4.93. The molecule has 1 aromatic rings. The minimum atomic E-state index is -0.890. The van der Waals surface area contributed by atoms with Gasteiger partial charge in [-0.25, -0.2) is 0 Å². The van der Waals surface area contributed by atoms with Crippen LogP contribution in [0.15, 0.2) is 24.4 Å². The van der Waals surface area contributed by atoms with Crippen molar-refractivity contribution in [3.63, 3.8) is 0 Å². The molecule has 5 nitrogen and oxygen atoms in total. The average Bonchev–Trinajstić information content (AvgIpc) is 2.45. The van der Waals surface area contributed by atoms with Crippen LogP contribution in [0, 0.1) is 0 Å². The van der Waals surface area contributed by atoms with Crippen molar-refractivity contribution in [1.29, 1.82) is 0 Å². The van der Waals surface area contributed by atoms with Gasteiger partial charge in [0.05, 0.1) is 6.42 Å². The van der Waals surface area contributed by atoms with Gasteiger partial charge in [0.25, 0.3) is 0 Å². The van der Waals surface area contributed by atoms with E-state index in [1.165, 1.54) is 0 Å². The fourth-order valence-corrected chi connectivity index (χ4v) is 2.16. The third-order valence-electron chi connectivity index (χ3n) is 3.58. The molecule has 1 amide bonds. The average molecular weight is 278 g/mol. The molecule has 110 valence electrons. The number of aliphatic carboxylic acids is 1. The molecule has 0 aliphatic heterocycles. The minimum absolute atomic E-state index is 0.0463. The van der Waals surface area contributed by atoms with E-state index in [2.05, 4.69) is 10.3 Å². The smallest absolute Gasteiger partial charge is 0.305 e. The fourth-order valence-electron chi connectivity index (χ4n) is 2.16. The number of hydrogen-bond donors (Lipinski definition) is 2. The maximum absolute atomic E-state index is 12.0. The first-order valence-electron chi connectivity index (χ1n) is 6.94. The molecular formula is C15H22N2O3. The molecule has 0 aliphatic carbocycles. The first-order valence-corrected chi connectivity index (χ1v) is 6.94. The third kappa shape index (κ3) is 4.99. The Kier molecular flexibility index (Phi) is 6.15. The number of carboxylic acids is 1. The van der Waals surface area contributed by atoms with Crippen molar-refractivity contribution in [2.24, 2.45) is 0 Å². The Hall–Kier alpha value is -1.91. The molecule has 0 bridgehead atoms. The molecule has 0 saturated carbocycles. The van der Waals surface area contributed by atoms with Crippen LogP contribution in [-0.2, 0) is 16.0 Å². The molecule has 0 aromatic carbocycles. The number of pyridine rings is 1. The van der Waals surface area contributed by atoms with E-state index in [0.29, 0.717) is 25.7 Å². The molecule has 0 spiro atoms. The second kappa shape index (κ2) is 7.62. The zero-order valence-electron chi connectivity index (χ0n) is 12.1. The summed E-state index contributed by atoms with van der Waals surface area (Å²) in [4.78, 5) is 27.1. The summed E-state index contributed by atoms with van der Waals surface area (Å²) in [5, 5.41) is 11.9. The Balaban J connectivity index is 2.56. The molecule has 2 N–H and O–H groups in total. The van der Waals surface area contributed by atoms with Crippen molar-refractivity contribution >= 4 is 11.9 Å². The normalized spacial score (nSPS) is 11.1. The second-order valence-corrected chi connectivity index (χ2v) is 4.93. The van der Waals surface area contributed by atoms with Crippen LogP contribution in [0.25, 0.3) is 0 Å². The van der Waals surface area contributed by atoms with E-state index in [1.807, 2.05) is 32.0 Å². The lowest BCUT2D eigenvalue weighted by atomic mass is 9.88. The van der Waals surface area contributed by atoms with Crippen LogP contribution in [0.5, 0.6) is 0 Å². The summed E-state index contributed by atoms with van der Waals surface area (Å²) in [6, 6.07) is 5.58. The van der Waals surface area contributed by atoms with Crippen LogP contribution in [0.1, 0.15) is 45.2 Å². The first kappa shape index (κ1) is 16.1. The molecule has 20 heavy (non-hydrogen) atoms. The fraction of sp³-hybridized carbons (Fsp3) is 0.533. The highest BCUT2D eigenvalue weighted by atomic mass is 16.4. The Morgan fingerprint density at radius 3 is 2.50 bits per heavy atom. The van der Waals surface area contributed by atoms with Gasteiger partial charge in [0.15, 0.2) is 0 Å². The number of carbonyl (C=O) groups is 2. The monoisotopic (exact) mass is 278 g/mol. The first-order chi connectivity index (χ1) is 9.51. The molecule has 5 heteroatoms. The summed E-state index contributed by atoms with van der Waals surface area (Å²) in [6.07, 6.45) is 3.73. The van der Waals surface area contributed by atoms with Gasteiger partial charge < -0.3 is 10.4 Å². The van der Waals surface area contributed by atoms with E-state index < -0.39 is 11.5 Å². The van der Waals surface area contributed by atoms with Crippen LogP contribution < -0.4 is 5.32 Å². The predicted octanol–water partition coefficient (Wildman–Crippen LogP) is 2.16. The van der Waals surface area contributed by atoms with Crippen molar-refractivity contribution in [1.82, 2.24) is 10.3 Å². The van der Waals surface area contributed by atoms with Gasteiger partial charge in [-0.3, -0.25) is 14.6 Å². The van der Waals surface area contributed by atoms with Crippen LogP contribution in [0.3, 0.4) is 0 Å². The molecule has 1 heterocycles. The number of carboxylic acid groups (broad SMARTS) is 1. The maximum atomic E-state index is 12.0. The zero-order valence-corrected chi connectivity index (χ0v) is 12.1. The highest BCUT2D eigenvalue weighted by molar-refractivity contribution is 5.78. The summed E-state index contributed by atoms with van der Waals surface area (Å²) in [6.45, 7) is 3.79. The lowest BCUT2D eigenvalue weighted by molar-refractivity contribution is -0.139. The highest BCUT2D eigenvalue weighted by Crippen LogP contribution is 2.20. The molecule has 0 saturated heterocycles. The van der Waals surface area contributed by atoms with Crippen LogP contribution in [0.2, 0.25) is 0 Å². The van der Waals surface area contributed by atoms with E-state index in [9.17, 15) is 9.59 Å². The molecule has 1 aromatic heterocycles. The minimum Gasteiger partial charge on any atom is -0.481 e. The van der Waals surface area contributed by atoms with Crippen molar-refractivity contribution in [3.8, 4) is 0 Å². The molecule has 0 radical (unpaired) electrons. The highest BCUT2D eigenvalue weighted by Gasteiger charge is 2.30. The summed E-state index contributed by atoms with van der Waals surface area (Å²) >= 11 is 0. The standard InChI is InChI=1S/C15H22N2O3/c1-3-15(4-2,11-14(19)20)17-13(18)9-8-12-7-5-6-10-16-12/h5-7,10H,3-4,8-9,11H2,1-2H3,(H,17,18)(H,19,20). The number of aryl methyl sites for hydroxylation is 1. The van der Waals surface area contributed by atoms with E-state index in [1.54, 1.807) is 6.20 Å². The topological polar surface area (TPSA) is 79.3 Å². The third-order valence-corrected chi connectivity index (χ3v) is 3.58. The van der Waals surface area contributed by atoms with Gasteiger partial charge in [0, 0.05) is 23.9 Å². The van der Waals surface area contributed by atoms with Crippen molar-refractivity contribution < 1.29 is 14.7 Å². The van der Waals surface area contributed by atoms with Crippen LogP contribution >= 0.6 is 0 Å². The largest absolute Gasteiger partial charge is 0.481 e. The Labute approximate surface area is 119 Å².